The van der Waals surface area contributed by atoms with Gasteiger partial charge in [0.2, 0.25) is 0 Å². The zero-order valence-corrected chi connectivity index (χ0v) is 26.2. The van der Waals surface area contributed by atoms with Crippen molar-refractivity contribution in [3.8, 4) is 22.8 Å². The molecule has 0 atom stereocenters. The number of benzene rings is 3. The molecule has 3 aromatic carbocycles. The first-order chi connectivity index (χ1) is 21.5. The normalized spacial score (nSPS) is 14.9. The summed E-state index contributed by atoms with van der Waals surface area (Å²) in [5.74, 6) is 2.64. The summed E-state index contributed by atoms with van der Waals surface area (Å²) in [6, 6.07) is 21.2. The van der Waals surface area contributed by atoms with Gasteiger partial charge in [-0.3, -0.25) is 0 Å². The fourth-order valence-corrected chi connectivity index (χ4v) is 5.99. The average Bonchev–Trinajstić information content (AvgIpc) is 3.51. The molecule has 1 N–H and O–H groups in total. The van der Waals surface area contributed by atoms with Crippen LogP contribution in [0, 0.1) is 5.41 Å². The highest BCUT2D eigenvalue weighted by atomic mass is 32.2. The number of amidine groups is 1. The van der Waals surface area contributed by atoms with Crippen LogP contribution in [0.25, 0.3) is 17.1 Å². The van der Waals surface area contributed by atoms with Gasteiger partial charge in [0.1, 0.15) is 17.9 Å². The number of aryl methyl sites for hydroxylation is 1. The Morgan fingerprint density at radius 2 is 1.78 bits per heavy atom. The Labute approximate surface area is 264 Å². The summed E-state index contributed by atoms with van der Waals surface area (Å²) in [5, 5.41) is 7.48. The van der Waals surface area contributed by atoms with Crippen molar-refractivity contribution in [2.75, 3.05) is 29.5 Å². The number of halogens is 3. The van der Waals surface area contributed by atoms with Crippen LogP contribution in [-0.4, -0.2) is 57.6 Å². The van der Waals surface area contributed by atoms with Gasteiger partial charge in [0.15, 0.2) is 5.82 Å². The van der Waals surface area contributed by atoms with E-state index in [0.29, 0.717) is 23.8 Å². The van der Waals surface area contributed by atoms with Crippen LogP contribution in [0.4, 0.5) is 23.7 Å². The second-order valence-electron chi connectivity index (χ2n) is 11.5. The molecule has 1 aliphatic heterocycles. The SMILES string of the molecule is CCc1ccccc1N1CCSC/C1=N\C(=O)NCC(C)(C)Cc1ccc(-c2ncn(-c3ccc(OC(F)(F)F)cc3)n2)cc1. The summed E-state index contributed by atoms with van der Waals surface area (Å²) >= 11 is 1.78. The van der Waals surface area contributed by atoms with Crippen LogP contribution in [0.3, 0.4) is 0 Å². The van der Waals surface area contributed by atoms with Gasteiger partial charge in [-0.15, -0.1) is 18.3 Å². The van der Waals surface area contributed by atoms with E-state index in [1.165, 1.54) is 40.8 Å². The number of amides is 2. The molecule has 1 fully saturated rings. The predicted molar refractivity (Wildman–Crippen MR) is 172 cm³/mol. The number of nitrogens with zero attached hydrogens (tertiary/aromatic N) is 5. The van der Waals surface area contributed by atoms with Crippen LogP contribution in [0.2, 0.25) is 0 Å². The number of carbonyl (C=O) groups excluding carboxylic acids is 1. The second-order valence-corrected chi connectivity index (χ2v) is 12.6. The first-order valence-corrected chi connectivity index (χ1v) is 15.8. The zero-order valence-electron chi connectivity index (χ0n) is 25.3. The van der Waals surface area contributed by atoms with E-state index in [0.717, 1.165) is 47.8 Å². The Bertz CT molecular complexity index is 1640. The first kappa shape index (κ1) is 32.1. The van der Waals surface area contributed by atoms with Crippen LogP contribution in [-0.2, 0) is 12.8 Å². The minimum absolute atomic E-state index is 0.227. The average molecular weight is 637 g/mol. The lowest BCUT2D eigenvalue weighted by molar-refractivity contribution is -0.274. The molecule has 2 heterocycles. The number of nitrogens with one attached hydrogen (secondary N) is 1. The van der Waals surface area contributed by atoms with E-state index in [1.54, 1.807) is 11.8 Å². The number of anilines is 1. The molecular weight excluding hydrogens is 601 g/mol. The van der Waals surface area contributed by atoms with Crippen LogP contribution >= 0.6 is 11.8 Å². The summed E-state index contributed by atoms with van der Waals surface area (Å²) in [5.41, 5.74) is 4.57. The molecule has 8 nitrogen and oxygen atoms in total. The monoisotopic (exact) mass is 636 g/mol. The molecule has 0 aliphatic carbocycles. The Hall–Kier alpha value is -4.32. The van der Waals surface area contributed by atoms with Gasteiger partial charge in [0.25, 0.3) is 0 Å². The van der Waals surface area contributed by atoms with E-state index >= 15 is 0 Å². The molecule has 0 bridgehead atoms. The number of carbonyl (C=O) groups is 1. The lowest BCUT2D eigenvalue weighted by Crippen LogP contribution is -2.41. The Morgan fingerprint density at radius 1 is 1.04 bits per heavy atom. The number of para-hydroxylation sites is 1. The minimum atomic E-state index is -4.75. The topological polar surface area (TPSA) is 84.6 Å². The number of thioether (sulfide) groups is 1. The molecule has 1 saturated heterocycles. The van der Waals surface area contributed by atoms with Crippen molar-refractivity contribution in [2.45, 2.75) is 40.0 Å². The number of rotatable bonds is 9. The predicted octanol–water partition coefficient (Wildman–Crippen LogP) is 7.33. The maximum absolute atomic E-state index is 12.9. The highest BCUT2D eigenvalue weighted by molar-refractivity contribution is 8.00. The number of aromatic nitrogens is 3. The van der Waals surface area contributed by atoms with Gasteiger partial charge in [0.05, 0.1) is 11.4 Å². The third kappa shape index (κ3) is 8.65. The quantitative estimate of drug-likeness (QED) is 0.207. The summed E-state index contributed by atoms with van der Waals surface area (Å²) < 4.78 is 42.7. The van der Waals surface area contributed by atoms with E-state index in [2.05, 4.69) is 62.9 Å². The highest BCUT2D eigenvalue weighted by Crippen LogP contribution is 2.27. The van der Waals surface area contributed by atoms with E-state index in [-0.39, 0.29) is 17.2 Å². The van der Waals surface area contributed by atoms with E-state index in [4.69, 9.17) is 0 Å². The second kappa shape index (κ2) is 13.8. The summed E-state index contributed by atoms with van der Waals surface area (Å²) in [6.45, 7) is 7.61. The zero-order chi connectivity index (χ0) is 32.0. The number of aliphatic imine (C=N–C) groups is 1. The molecule has 45 heavy (non-hydrogen) atoms. The molecule has 4 aromatic rings. The van der Waals surface area contributed by atoms with Crippen molar-refractivity contribution in [1.29, 1.82) is 0 Å². The van der Waals surface area contributed by atoms with Crippen molar-refractivity contribution in [2.24, 2.45) is 10.4 Å². The number of hydrogen-bond acceptors (Lipinski definition) is 5. The molecule has 1 aromatic heterocycles. The van der Waals surface area contributed by atoms with Crippen LogP contribution in [0.5, 0.6) is 5.75 Å². The third-order valence-corrected chi connectivity index (χ3v) is 8.27. The van der Waals surface area contributed by atoms with Gasteiger partial charge in [-0.05, 0) is 59.7 Å². The Balaban J connectivity index is 1.17. The van der Waals surface area contributed by atoms with E-state index < -0.39 is 6.36 Å². The number of ether oxygens (including phenoxy) is 1. The standard InChI is InChI=1S/C33H35F3N6O2S/c1-4-24-7-5-6-8-28(24)41-17-18-45-20-29(41)39-31(43)37-21-32(2,3)19-23-9-11-25(12-10-23)30-38-22-42(40-30)26-13-15-27(16-14-26)44-33(34,35)36/h5-16,22H,4,17-21H2,1-3H3,(H,37,43)/b39-29+. The fourth-order valence-electron chi connectivity index (χ4n) is 5.13. The van der Waals surface area contributed by atoms with Gasteiger partial charge in [-0.1, -0.05) is 63.2 Å². The van der Waals surface area contributed by atoms with E-state index in [9.17, 15) is 18.0 Å². The first-order valence-electron chi connectivity index (χ1n) is 14.7. The molecule has 5 rings (SSSR count). The van der Waals surface area contributed by atoms with Crippen molar-refractivity contribution in [3.05, 3.63) is 90.3 Å². The maximum Gasteiger partial charge on any atom is 0.573 e. The van der Waals surface area contributed by atoms with Gasteiger partial charge in [-0.25, -0.2) is 14.5 Å². The fraction of sp³-hybridized carbons (Fsp3) is 0.333. The van der Waals surface area contributed by atoms with Crippen molar-refractivity contribution >= 4 is 29.3 Å². The van der Waals surface area contributed by atoms with Crippen LogP contribution < -0.4 is 15.0 Å². The molecular formula is C33H35F3N6O2S. The lowest BCUT2D eigenvalue weighted by Gasteiger charge is -2.31. The lowest BCUT2D eigenvalue weighted by atomic mass is 9.85. The minimum Gasteiger partial charge on any atom is -0.406 e. The van der Waals surface area contributed by atoms with Crippen molar-refractivity contribution in [3.63, 3.8) is 0 Å². The smallest absolute Gasteiger partial charge is 0.406 e. The number of hydrogen-bond donors (Lipinski definition) is 1. The van der Waals surface area contributed by atoms with Crippen molar-refractivity contribution < 1.29 is 22.7 Å². The maximum atomic E-state index is 12.9. The Kier molecular flexibility index (Phi) is 9.81. The van der Waals surface area contributed by atoms with Crippen LogP contribution in [0.1, 0.15) is 31.9 Å². The largest absolute Gasteiger partial charge is 0.573 e. The molecule has 0 saturated carbocycles. The molecule has 0 unspecified atom stereocenters. The Morgan fingerprint density at radius 3 is 2.49 bits per heavy atom. The molecule has 0 spiro atoms. The molecule has 12 heteroatoms. The van der Waals surface area contributed by atoms with Gasteiger partial charge < -0.3 is 15.0 Å². The molecule has 1 aliphatic rings. The molecule has 236 valence electrons. The molecule has 0 radical (unpaired) electrons. The molecule has 2 amide bonds. The van der Waals surface area contributed by atoms with E-state index in [1.807, 2.05) is 36.4 Å². The number of alkyl halides is 3. The van der Waals surface area contributed by atoms with Gasteiger partial charge in [-0.2, -0.15) is 16.8 Å². The highest BCUT2D eigenvalue weighted by Gasteiger charge is 2.31. The summed E-state index contributed by atoms with van der Waals surface area (Å²) in [6.07, 6.45) is -1.60. The van der Waals surface area contributed by atoms with Gasteiger partial charge >= 0.3 is 12.4 Å². The summed E-state index contributed by atoms with van der Waals surface area (Å²) in [4.78, 5) is 23.9. The number of urea groups is 1. The van der Waals surface area contributed by atoms with Gasteiger partial charge in [0, 0.05) is 30.1 Å². The van der Waals surface area contributed by atoms with Crippen LogP contribution in [0.15, 0.2) is 84.1 Å². The third-order valence-electron chi connectivity index (χ3n) is 7.34. The summed E-state index contributed by atoms with van der Waals surface area (Å²) in [7, 11) is 0. The van der Waals surface area contributed by atoms with Crippen molar-refractivity contribution in [1.82, 2.24) is 20.1 Å².